The molecule has 0 amide bonds. The molecule has 0 aromatic heterocycles. The van der Waals surface area contributed by atoms with E-state index in [-0.39, 0.29) is 5.97 Å². The number of hydrogen-bond acceptors (Lipinski definition) is 3. The number of aryl methyl sites for hydroxylation is 1. The summed E-state index contributed by atoms with van der Waals surface area (Å²) in [5.74, 6) is -0.929. The second-order valence-corrected chi connectivity index (χ2v) is 5.74. The van der Waals surface area contributed by atoms with Crippen LogP contribution in [0.25, 0.3) is 0 Å². The summed E-state index contributed by atoms with van der Waals surface area (Å²) in [4.78, 5) is 11.7. The number of esters is 1. The number of rotatable bonds is 2. The average Bonchev–Trinajstić information content (AvgIpc) is 2.38. The third-order valence-electron chi connectivity index (χ3n) is 3.81. The van der Waals surface area contributed by atoms with E-state index in [2.05, 4.69) is 15.9 Å². The largest absolute Gasteiger partial charge is 0.469 e. The zero-order valence-electron chi connectivity index (χ0n) is 10.6. The van der Waals surface area contributed by atoms with Gasteiger partial charge in [0.25, 0.3) is 0 Å². The van der Waals surface area contributed by atoms with Crippen LogP contribution in [0.3, 0.4) is 0 Å². The molecule has 0 saturated carbocycles. The van der Waals surface area contributed by atoms with Crippen molar-refractivity contribution in [2.24, 2.45) is 5.92 Å². The molecule has 0 fully saturated rings. The number of methoxy groups -OCH3 is 1. The third-order valence-corrected chi connectivity index (χ3v) is 4.31. The molecule has 18 heavy (non-hydrogen) atoms. The van der Waals surface area contributed by atoms with Gasteiger partial charge in [0, 0.05) is 4.47 Å². The van der Waals surface area contributed by atoms with Crippen molar-refractivity contribution in [2.75, 3.05) is 7.11 Å². The molecule has 1 N–H and O–H groups in total. The van der Waals surface area contributed by atoms with Crippen molar-refractivity contribution in [3.63, 3.8) is 0 Å². The van der Waals surface area contributed by atoms with Crippen LogP contribution in [0.1, 0.15) is 30.9 Å². The van der Waals surface area contributed by atoms with Crippen molar-refractivity contribution in [3.05, 3.63) is 33.8 Å². The number of carbonyl (C=O) groups excluding carboxylic acids is 1. The molecule has 0 radical (unpaired) electrons. The van der Waals surface area contributed by atoms with E-state index >= 15 is 0 Å². The van der Waals surface area contributed by atoms with E-state index in [9.17, 15) is 9.90 Å². The number of benzene rings is 1. The lowest BCUT2D eigenvalue weighted by molar-refractivity contribution is -0.156. The second-order valence-electron chi connectivity index (χ2n) is 4.82. The Kier molecular flexibility index (Phi) is 3.78. The van der Waals surface area contributed by atoms with Gasteiger partial charge in [0.15, 0.2) is 0 Å². The maximum Gasteiger partial charge on any atom is 0.311 e. The zero-order chi connectivity index (χ0) is 13.3. The summed E-state index contributed by atoms with van der Waals surface area (Å²) in [6.07, 6.45) is 2.41. The predicted molar refractivity (Wildman–Crippen MR) is 72.2 cm³/mol. The minimum atomic E-state index is -1.12. The molecule has 0 bridgehead atoms. The highest BCUT2D eigenvalue weighted by Gasteiger charge is 2.43. The van der Waals surface area contributed by atoms with E-state index in [1.165, 1.54) is 7.11 Å². The lowest BCUT2D eigenvalue weighted by Gasteiger charge is -2.38. The van der Waals surface area contributed by atoms with Gasteiger partial charge >= 0.3 is 5.97 Å². The minimum absolute atomic E-state index is 0.370. The first kappa shape index (κ1) is 13.6. The molecular weight excluding hydrogens is 296 g/mol. The standard InChI is InChI=1S/C14H17BrO3/c1-9(13(16)18-2)14(17)7-3-4-10-5-6-11(15)8-12(10)14/h5-6,8-9,17H,3-4,7H2,1-2H3/t9-,14-/m0/s1. The summed E-state index contributed by atoms with van der Waals surface area (Å²) in [5, 5.41) is 10.9. The highest BCUT2D eigenvalue weighted by Crippen LogP contribution is 2.42. The van der Waals surface area contributed by atoms with E-state index in [0.717, 1.165) is 28.4 Å². The smallest absolute Gasteiger partial charge is 0.311 e. The summed E-state index contributed by atoms with van der Waals surface area (Å²) in [6.45, 7) is 1.72. The van der Waals surface area contributed by atoms with Crippen LogP contribution in [0.15, 0.2) is 22.7 Å². The Morgan fingerprint density at radius 3 is 2.94 bits per heavy atom. The summed E-state index contributed by atoms with van der Waals surface area (Å²) >= 11 is 3.42. The van der Waals surface area contributed by atoms with Gasteiger partial charge in [0.05, 0.1) is 13.0 Å². The molecule has 4 heteroatoms. The Labute approximate surface area is 115 Å². The topological polar surface area (TPSA) is 46.5 Å². The lowest BCUT2D eigenvalue weighted by atomic mass is 9.72. The highest BCUT2D eigenvalue weighted by molar-refractivity contribution is 9.10. The summed E-state index contributed by atoms with van der Waals surface area (Å²) < 4.78 is 5.68. The first-order chi connectivity index (χ1) is 8.49. The second kappa shape index (κ2) is 5.02. The van der Waals surface area contributed by atoms with E-state index in [4.69, 9.17) is 4.74 Å². The van der Waals surface area contributed by atoms with E-state index in [1.807, 2.05) is 18.2 Å². The van der Waals surface area contributed by atoms with Crippen LogP contribution in [0, 0.1) is 5.92 Å². The van der Waals surface area contributed by atoms with Gasteiger partial charge in [-0.3, -0.25) is 4.79 Å². The Hall–Kier alpha value is -0.870. The van der Waals surface area contributed by atoms with Crippen LogP contribution in [0.4, 0.5) is 0 Å². The van der Waals surface area contributed by atoms with Crippen LogP contribution >= 0.6 is 15.9 Å². The molecule has 2 rings (SSSR count). The minimum Gasteiger partial charge on any atom is -0.469 e. The van der Waals surface area contributed by atoms with E-state index < -0.39 is 11.5 Å². The molecule has 0 unspecified atom stereocenters. The Morgan fingerprint density at radius 1 is 1.56 bits per heavy atom. The Balaban J connectivity index is 2.47. The molecule has 0 aliphatic heterocycles. The van der Waals surface area contributed by atoms with Crippen LogP contribution in [-0.2, 0) is 21.6 Å². The molecule has 1 aromatic rings. The fraction of sp³-hybridized carbons (Fsp3) is 0.500. The number of hydrogen-bond donors (Lipinski definition) is 1. The number of carbonyl (C=O) groups is 1. The fourth-order valence-electron chi connectivity index (χ4n) is 2.67. The van der Waals surface area contributed by atoms with Crippen LogP contribution in [0.5, 0.6) is 0 Å². The van der Waals surface area contributed by atoms with Crippen molar-refractivity contribution in [3.8, 4) is 0 Å². The molecule has 98 valence electrons. The number of halogens is 1. The van der Waals surface area contributed by atoms with Crippen molar-refractivity contribution in [1.29, 1.82) is 0 Å². The Bertz CT molecular complexity index is 472. The Morgan fingerprint density at radius 2 is 2.28 bits per heavy atom. The predicted octanol–water partition coefficient (Wildman–Crippen LogP) is 2.78. The van der Waals surface area contributed by atoms with E-state index in [0.29, 0.717) is 6.42 Å². The van der Waals surface area contributed by atoms with Crippen LogP contribution in [0.2, 0.25) is 0 Å². The maximum absolute atomic E-state index is 11.7. The summed E-state index contributed by atoms with van der Waals surface area (Å²) in [5.41, 5.74) is 0.841. The molecule has 1 aliphatic rings. The van der Waals surface area contributed by atoms with Crippen molar-refractivity contribution < 1.29 is 14.6 Å². The first-order valence-electron chi connectivity index (χ1n) is 6.08. The maximum atomic E-state index is 11.7. The number of fused-ring (bicyclic) bond motifs is 1. The number of aliphatic hydroxyl groups is 1. The molecule has 0 heterocycles. The monoisotopic (exact) mass is 312 g/mol. The summed E-state index contributed by atoms with van der Waals surface area (Å²) in [6, 6.07) is 5.88. The summed E-state index contributed by atoms with van der Waals surface area (Å²) in [7, 11) is 1.35. The van der Waals surface area contributed by atoms with Gasteiger partial charge in [0.2, 0.25) is 0 Å². The fourth-order valence-corrected chi connectivity index (χ4v) is 3.04. The van der Waals surface area contributed by atoms with Gasteiger partial charge in [-0.05, 0) is 49.4 Å². The SMILES string of the molecule is COC(=O)[C@H](C)[C@@]1(O)CCCc2ccc(Br)cc21. The lowest BCUT2D eigenvalue weighted by Crippen LogP contribution is -2.41. The third kappa shape index (κ3) is 2.19. The van der Waals surface area contributed by atoms with Gasteiger partial charge in [-0.15, -0.1) is 0 Å². The van der Waals surface area contributed by atoms with Gasteiger partial charge in [-0.1, -0.05) is 22.0 Å². The van der Waals surface area contributed by atoms with Gasteiger partial charge in [0.1, 0.15) is 5.60 Å². The van der Waals surface area contributed by atoms with Crippen LogP contribution in [-0.4, -0.2) is 18.2 Å². The normalized spacial score (nSPS) is 24.2. The molecule has 0 spiro atoms. The molecule has 1 aliphatic carbocycles. The van der Waals surface area contributed by atoms with Crippen molar-refractivity contribution in [2.45, 2.75) is 31.8 Å². The average molecular weight is 313 g/mol. The van der Waals surface area contributed by atoms with Crippen molar-refractivity contribution >= 4 is 21.9 Å². The van der Waals surface area contributed by atoms with Gasteiger partial charge in [-0.2, -0.15) is 0 Å². The van der Waals surface area contributed by atoms with E-state index in [1.54, 1.807) is 6.92 Å². The number of ether oxygens (including phenoxy) is 1. The molecule has 1 aromatic carbocycles. The molecule has 3 nitrogen and oxygen atoms in total. The molecular formula is C14H17BrO3. The van der Waals surface area contributed by atoms with Crippen molar-refractivity contribution in [1.82, 2.24) is 0 Å². The zero-order valence-corrected chi connectivity index (χ0v) is 12.2. The van der Waals surface area contributed by atoms with Gasteiger partial charge < -0.3 is 9.84 Å². The highest BCUT2D eigenvalue weighted by atomic mass is 79.9. The van der Waals surface area contributed by atoms with Crippen LogP contribution < -0.4 is 0 Å². The van der Waals surface area contributed by atoms with Gasteiger partial charge in [-0.25, -0.2) is 0 Å². The quantitative estimate of drug-likeness (QED) is 0.854. The molecule has 2 atom stereocenters. The first-order valence-corrected chi connectivity index (χ1v) is 6.87. The molecule has 0 saturated heterocycles.